The molecule has 4 aliphatic rings. The molecule has 0 spiro atoms. The van der Waals surface area contributed by atoms with Crippen molar-refractivity contribution in [3.63, 3.8) is 0 Å². The van der Waals surface area contributed by atoms with Gasteiger partial charge < -0.3 is 4.90 Å². The Morgan fingerprint density at radius 3 is 2.88 bits per heavy atom. The molecule has 1 fully saturated rings. The highest BCUT2D eigenvalue weighted by Crippen LogP contribution is 2.41. The third kappa shape index (κ3) is 2.92. The van der Waals surface area contributed by atoms with E-state index in [4.69, 9.17) is 4.99 Å². The van der Waals surface area contributed by atoms with Crippen LogP contribution in [0.1, 0.15) is 36.3 Å². The first-order valence-electron chi connectivity index (χ1n) is 9.46. The van der Waals surface area contributed by atoms with E-state index in [0.717, 1.165) is 30.4 Å². The molecular formula is C24H22N2. The highest BCUT2D eigenvalue weighted by Gasteiger charge is 2.24. The summed E-state index contributed by atoms with van der Waals surface area (Å²) in [7, 11) is 0. The van der Waals surface area contributed by atoms with Crippen molar-refractivity contribution < 1.29 is 0 Å². The van der Waals surface area contributed by atoms with Crippen LogP contribution in [0.3, 0.4) is 0 Å². The second-order valence-electron chi connectivity index (χ2n) is 7.20. The van der Waals surface area contributed by atoms with Gasteiger partial charge >= 0.3 is 0 Å². The maximum Gasteiger partial charge on any atom is 0.133 e. The Morgan fingerprint density at radius 1 is 1.00 bits per heavy atom. The summed E-state index contributed by atoms with van der Waals surface area (Å²) in [5.74, 6) is 1.80. The predicted molar refractivity (Wildman–Crippen MR) is 109 cm³/mol. The Bertz CT molecular complexity index is 946. The van der Waals surface area contributed by atoms with Gasteiger partial charge in [-0.1, -0.05) is 60.7 Å². The van der Waals surface area contributed by atoms with Crippen molar-refractivity contribution in [2.75, 3.05) is 6.54 Å². The topological polar surface area (TPSA) is 15.6 Å². The van der Waals surface area contributed by atoms with Gasteiger partial charge in [0.2, 0.25) is 0 Å². The number of nitrogens with zero attached hydrogens (tertiary/aromatic N) is 2. The van der Waals surface area contributed by atoms with Gasteiger partial charge in [-0.25, -0.2) is 4.99 Å². The molecule has 1 aromatic rings. The fourth-order valence-corrected chi connectivity index (χ4v) is 3.76. The molecule has 1 saturated carbocycles. The average molecular weight is 338 g/mol. The molecule has 0 unspecified atom stereocenters. The molecule has 0 radical (unpaired) electrons. The van der Waals surface area contributed by atoms with Gasteiger partial charge in [0.05, 0.1) is 5.71 Å². The van der Waals surface area contributed by atoms with Gasteiger partial charge in [0.1, 0.15) is 5.82 Å². The van der Waals surface area contributed by atoms with Gasteiger partial charge in [0.15, 0.2) is 0 Å². The molecule has 0 atom stereocenters. The molecule has 0 amide bonds. The zero-order valence-corrected chi connectivity index (χ0v) is 14.8. The third-order valence-electron chi connectivity index (χ3n) is 5.34. The molecular weight excluding hydrogens is 316 g/mol. The SMILES string of the molecule is C1=CCC(c2cccc(C3CC3)c2)=C(C2=NC3=CC=CCN3C=C2)C=C1. The number of aliphatic imine (C=N–C) groups is 1. The molecule has 26 heavy (non-hydrogen) atoms. The van der Waals surface area contributed by atoms with Crippen LogP contribution in [0, 0.1) is 0 Å². The minimum absolute atomic E-state index is 0.774. The Kier molecular flexibility index (Phi) is 3.82. The van der Waals surface area contributed by atoms with E-state index in [1.807, 2.05) is 0 Å². The fourth-order valence-electron chi connectivity index (χ4n) is 3.76. The molecule has 0 N–H and O–H groups in total. The number of hydrogen-bond donors (Lipinski definition) is 0. The summed E-state index contributed by atoms with van der Waals surface area (Å²) in [4.78, 5) is 7.12. The van der Waals surface area contributed by atoms with Crippen molar-refractivity contribution >= 4 is 11.3 Å². The Morgan fingerprint density at radius 2 is 1.96 bits per heavy atom. The third-order valence-corrected chi connectivity index (χ3v) is 5.34. The predicted octanol–water partition coefficient (Wildman–Crippen LogP) is 5.52. The molecule has 5 rings (SSSR count). The van der Waals surface area contributed by atoms with Crippen molar-refractivity contribution in [3.8, 4) is 0 Å². The monoisotopic (exact) mass is 338 g/mol. The van der Waals surface area contributed by atoms with E-state index in [2.05, 4.69) is 84.0 Å². The normalized spacial score (nSPS) is 21.5. The number of fused-ring (bicyclic) bond motifs is 1. The lowest BCUT2D eigenvalue weighted by Crippen LogP contribution is -2.22. The van der Waals surface area contributed by atoms with Gasteiger partial charge in [-0.2, -0.15) is 0 Å². The van der Waals surface area contributed by atoms with E-state index in [0.29, 0.717) is 0 Å². The van der Waals surface area contributed by atoms with Gasteiger partial charge in [0.25, 0.3) is 0 Å². The second-order valence-corrected chi connectivity index (χ2v) is 7.20. The van der Waals surface area contributed by atoms with Crippen LogP contribution >= 0.6 is 0 Å². The molecule has 1 aromatic carbocycles. The van der Waals surface area contributed by atoms with E-state index < -0.39 is 0 Å². The lowest BCUT2D eigenvalue weighted by atomic mass is 9.92. The van der Waals surface area contributed by atoms with Gasteiger partial charge in [-0.3, -0.25) is 0 Å². The van der Waals surface area contributed by atoms with Crippen LogP contribution in [-0.2, 0) is 0 Å². The lowest BCUT2D eigenvalue weighted by Gasteiger charge is -2.26. The lowest BCUT2D eigenvalue weighted by molar-refractivity contribution is 0.501. The van der Waals surface area contributed by atoms with Gasteiger partial charge in [-0.05, 0) is 54.0 Å². The molecule has 0 saturated heterocycles. The van der Waals surface area contributed by atoms with E-state index in [-0.39, 0.29) is 0 Å². The smallest absolute Gasteiger partial charge is 0.133 e. The summed E-state index contributed by atoms with van der Waals surface area (Å²) >= 11 is 0. The fraction of sp³-hybridized carbons (Fsp3) is 0.208. The Labute approximate surface area is 154 Å². The van der Waals surface area contributed by atoms with Crippen LogP contribution in [-0.4, -0.2) is 17.2 Å². The van der Waals surface area contributed by atoms with Crippen molar-refractivity contribution in [1.29, 1.82) is 0 Å². The zero-order valence-electron chi connectivity index (χ0n) is 14.8. The summed E-state index contributed by atoms with van der Waals surface area (Å²) in [6.45, 7) is 0.895. The summed E-state index contributed by atoms with van der Waals surface area (Å²) in [5, 5.41) is 0. The van der Waals surface area contributed by atoms with Crippen LogP contribution in [0.4, 0.5) is 0 Å². The van der Waals surface area contributed by atoms with Crippen LogP contribution in [0.2, 0.25) is 0 Å². The molecule has 2 heterocycles. The van der Waals surface area contributed by atoms with E-state index in [1.54, 1.807) is 0 Å². The number of hydrogen-bond acceptors (Lipinski definition) is 2. The second kappa shape index (κ2) is 6.45. The number of rotatable bonds is 3. The first-order chi connectivity index (χ1) is 12.9. The summed E-state index contributed by atoms with van der Waals surface area (Å²) < 4.78 is 0. The Hall–Kier alpha value is -2.87. The largest absolute Gasteiger partial charge is 0.329 e. The Balaban J connectivity index is 1.60. The highest BCUT2D eigenvalue weighted by atomic mass is 15.2. The van der Waals surface area contributed by atoms with Crippen molar-refractivity contribution in [2.45, 2.75) is 25.2 Å². The summed E-state index contributed by atoms with van der Waals surface area (Å²) in [6.07, 6.45) is 22.9. The van der Waals surface area contributed by atoms with Crippen molar-refractivity contribution in [1.82, 2.24) is 4.90 Å². The minimum atomic E-state index is 0.774. The molecule has 128 valence electrons. The zero-order chi connectivity index (χ0) is 17.3. The number of allylic oxidation sites excluding steroid dienone is 9. The quantitative estimate of drug-likeness (QED) is 0.709. The van der Waals surface area contributed by atoms with Crippen molar-refractivity contribution in [3.05, 3.63) is 102 Å². The average Bonchev–Trinajstić information content (AvgIpc) is 3.54. The molecule has 0 aromatic heterocycles. The molecule has 2 aliphatic heterocycles. The molecule has 0 bridgehead atoms. The van der Waals surface area contributed by atoms with Crippen molar-refractivity contribution in [2.24, 2.45) is 4.99 Å². The summed E-state index contributed by atoms with van der Waals surface area (Å²) in [6, 6.07) is 9.12. The van der Waals surface area contributed by atoms with E-state index in [1.165, 1.54) is 35.1 Å². The number of benzene rings is 1. The first-order valence-corrected chi connectivity index (χ1v) is 9.46. The van der Waals surface area contributed by atoms with Gasteiger partial charge in [-0.15, -0.1) is 0 Å². The maximum atomic E-state index is 4.94. The minimum Gasteiger partial charge on any atom is -0.329 e. The summed E-state index contributed by atoms with van der Waals surface area (Å²) in [5.41, 5.74) is 6.46. The molecule has 2 heteroatoms. The highest BCUT2D eigenvalue weighted by molar-refractivity contribution is 6.16. The van der Waals surface area contributed by atoms with E-state index >= 15 is 0 Å². The standard InChI is InChI=1S/C24H22N2/c1-2-9-21(20-8-6-7-19(17-20)18-12-13-18)22(10-3-1)23-14-16-26-15-5-4-11-24(26)25-23/h1-8,10-11,14,16-18H,9,12-13,15H2. The van der Waals surface area contributed by atoms with E-state index in [9.17, 15) is 0 Å². The van der Waals surface area contributed by atoms with Crippen LogP contribution in [0.25, 0.3) is 5.57 Å². The van der Waals surface area contributed by atoms with Gasteiger partial charge in [0, 0.05) is 18.3 Å². The van der Waals surface area contributed by atoms with Crippen LogP contribution < -0.4 is 0 Å². The first kappa shape index (κ1) is 15.4. The van der Waals surface area contributed by atoms with Crippen LogP contribution in [0.15, 0.2) is 95.5 Å². The molecule has 2 nitrogen and oxygen atoms in total. The van der Waals surface area contributed by atoms with Crippen LogP contribution in [0.5, 0.6) is 0 Å². The molecule has 2 aliphatic carbocycles. The maximum absolute atomic E-state index is 4.94.